The molecule has 3 heterocycles. The molecular weight excluding hydrogens is 349 g/mol. The van der Waals surface area contributed by atoms with E-state index in [-0.39, 0.29) is 11.8 Å². The molecule has 0 bridgehead atoms. The van der Waals surface area contributed by atoms with Crippen LogP contribution in [0.3, 0.4) is 0 Å². The number of H-pyrrole nitrogens is 2. The number of aromatic amines is 2. The monoisotopic (exact) mass is 371 g/mol. The summed E-state index contributed by atoms with van der Waals surface area (Å²) < 4.78 is 14.0. The number of anilines is 1. The molecule has 0 aliphatic carbocycles. The Kier molecular flexibility index (Phi) is 4.53. The van der Waals surface area contributed by atoms with Crippen molar-refractivity contribution in [2.45, 2.75) is 13.3 Å². The van der Waals surface area contributed by atoms with Gasteiger partial charge in [-0.05, 0) is 25.1 Å². The second-order valence-corrected chi connectivity index (χ2v) is 6.78. The van der Waals surface area contributed by atoms with Gasteiger partial charge < -0.3 is 20.1 Å². The van der Waals surface area contributed by atoms with Crippen LogP contribution in [0.4, 0.5) is 14.9 Å². The molecule has 0 saturated carbocycles. The zero-order chi connectivity index (χ0) is 19.0. The normalized spacial score (nSPS) is 15.4. The first-order chi connectivity index (χ1) is 13.0. The fourth-order valence-corrected chi connectivity index (χ4v) is 3.23. The summed E-state index contributed by atoms with van der Waals surface area (Å²) in [6.45, 7) is 4.96. The van der Waals surface area contributed by atoms with Crippen molar-refractivity contribution in [3.8, 4) is 11.5 Å². The van der Waals surface area contributed by atoms with Gasteiger partial charge in [-0.3, -0.25) is 5.10 Å². The SMILES string of the molecule is CCc1cc2[nH]c(-c3[nH]ncc3NC(=O)N3CCN(C)CC3)nc2cc1F. The first-order valence-corrected chi connectivity index (χ1v) is 9.01. The first kappa shape index (κ1) is 17.5. The molecular formula is C18H22FN7O. The number of hydrogen-bond donors (Lipinski definition) is 3. The molecule has 0 radical (unpaired) electrons. The topological polar surface area (TPSA) is 92.9 Å². The molecule has 2 aromatic heterocycles. The summed E-state index contributed by atoms with van der Waals surface area (Å²) in [7, 11) is 2.04. The van der Waals surface area contributed by atoms with Crippen LogP contribution in [0.1, 0.15) is 12.5 Å². The molecule has 1 fully saturated rings. The largest absolute Gasteiger partial charge is 0.337 e. The standard InChI is InChI=1S/C18H22FN7O/c1-3-11-8-13-14(9-12(11)19)22-17(21-13)16-15(10-20-24-16)23-18(27)26-6-4-25(2)5-7-26/h8-10H,3-7H2,1-2H3,(H,20,24)(H,21,22)(H,23,27). The van der Waals surface area contributed by atoms with Crippen molar-refractivity contribution in [2.75, 3.05) is 38.5 Å². The fourth-order valence-electron chi connectivity index (χ4n) is 3.23. The van der Waals surface area contributed by atoms with Crippen molar-refractivity contribution in [1.29, 1.82) is 0 Å². The summed E-state index contributed by atoms with van der Waals surface area (Å²) in [4.78, 5) is 24.1. The third-order valence-corrected chi connectivity index (χ3v) is 4.94. The summed E-state index contributed by atoms with van der Waals surface area (Å²) in [5.74, 6) is 0.236. The van der Waals surface area contributed by atoms with Crippen LogP contribution in [0, 0.1) is 5.82 Å². The second-order valence-electron chi connectivity index (χ2n) is 6.78. The number of fused-ring (bicyclic) bond motifs is 1. The summed E-state index contributed by atoms with van der Waals surface area (Å²) in [6, 6.07) is 3.02. The molecule has 3 N–H and O–H groups in total. The van der Waals surface area contributed by atoms with Gasteiger partial charge in [-0.15, -0.1) is 0 Å². The number of carbonyl (C=O) groups excluding carboxylic acids is 1. The Balaban J connectivity index is 1.58. The number of halogens is 1. The van der Waals surface area contributed by atoms with Crippen molar-refractivity contribution in [3.63, 3.8) is 0 Å². The maximum atomic E-state index is 14.0. The number of nitrogens with one attached hydrogen (secondary N) is 3. The number of imidazole rings is 1. The molecule has 1 aliphatic rings. The Hall–Kier alpha value is -2.94. The maximum Gasteiger partial charge on any atom is 0.322 e. The quantitative estimate of drug-likeness (QED) is 0.659. The van der Waals surface area contributed by atoms with Crippen molar-refractivity contribution in [2.24, 2.45) is 0 Å². The number of hydrogen-bond acceptors (Lipinski definition) is 4. The van der Waals surface area contributed by atoms with Crippen LogP contribution in [0.15, 0.2) is 18.3 Å². The lowest BCUT2D eigenvalue weighted by Gasteiger charge is -2.32. The van der Waals surface area contributed by atoms with Gasteiger partial charge in [-0.2, -0.15) is 5.10 Å². The predicted octanol–water partition coefficient (Wildman–Crippen LogP) is 2.43. The fraction of sp³-hybridized carbons (Fsp3) is 0.389. The zero-order valence-corrected chi connectivity index (χ0v) is 15.3. The van der Waals surface area contributed by atoms with Crippen LogP contribution in [-0.2, 0) is 6.42 Å². The molecule has 2 amide bonds. The average molecular weight is 371 g/mol. The minimum atomic E-state index is -0.267. The Bertz CT molecular complexity index is 971. The third kappa shape index (κ3) is 3.37. The predicted molar refractivity (Wildman–Crippen MR) is 101 cm³/mol. The van der Waals surface area contributed by atoms with E-state index in [2.05, 4.69) is 30.4 Å². The summed E-state index contributed by atoms with van der Waals surface area (Å²) in [5, 5.41) is 9.78. The maximum absolute atomic E-state index is 14.0. The van der Waals surface area contributed by atoms with E-state index in [0.717, 1.165) is 18.6 Å². The van der Waals surface area contributed by atoms with E-state index in [0.29, 0.717) is 47.8 Å². The number of carbonyl (C=O) groups is 1. The summed E-state index contributed by atoms with van der Waals surface area (Å²) in [5.41, 5.74) is 3.01. The molecule has 1 aromatic carbocycles. The Morgan fingerprint density at radius 3 is 2.81 bits per heavy atom. The van der Waals surface area contributed by atoms with E-state index in [1.807, 2.05) is 14.0 Å². The van der Waals surface area contributed by atoms with Gasteiger partial charge in [-0.1, -0.05) is 6.92 Å². The molecule has 1 saturated heterocycles. The van der Waals surface area contributed by atoms with Gasteiger partial charge in [0, 0.05) is 32.2 Å². The van der Waals surface area contributed by atoms with Crippen molar-refractivity contribution < 1.29 is 9.18 Å². The van der Waals surface area contributed by atoms with Gasteiger partial charge >= 0.3 is 6.03 Å². The zero-order valence-electron chi connectivity index (χ0n) is 15.3. The number of piperazine rings is 1. The third-order valence-electron chi connectivity index (χ3n) is 4.94. The molecule has 27 heavy (non-hydrogen) atoms. The van der Waals surface area contributed by atoms with Crippen LogP contribution in [0.5, 0.6) is 0 Å². The summed E-state index contributed by atoms with van der Waals surface area (Å²) >= 11 is 0. The minimum Gasteiger partial charge on any atom is -0.337 e. The van der Waals surface area contributed by atoms with Gasteiger partial charge in [0.25, 0.3) is 0 Å². The number of aromatic nitrogens is 4. The number of urea groups is 1. The van der Waals surface area contributed by atoms with E-state index < -0.39 is 0 Å². The number of nitrogens with zero attached hydrogens (tertiary/aromatic N) is 4. The molecule has 4 rings (SSSR count). The van der Waals surface area contributed by atoms with Gasteiger partial charge in [0.2, 0.25) is 0 Å². The number of amides is 2. The van der Waals surface area contributed by atoms with Gasteiger partial charge in [0.15, 0.2) is 5.82 Å². The van der Waals surface area contributed by atoms with Crippen molar-refractivity contribution in [1.82, 2.24) is 30.0 Å². The van der Waals surface area contributed by atoms with Crippen molar-refractivity contribution in [3.05, 3.63) is 29.7 Å². The van der Waals surface area contributed by atoms with Gasteiger partial charge in [0.05, 0.1) is 22.9 Å². The van der Waals surface area contributed by atoms with E-state index in [4.69, 9.17) is 0 Å². The number of rotatable bonds is 3. The highest BCUT2D eigenvalue weighted by atomic mass is 19.1. The molecule has 9 heteroatoms. The summed E-state index contributed by atoms with van der Waals surface area (Å²) in [6.07, 6.45) is 2.15. The van der Waals surface area contributed by atoms with Crippen LogP contribution < -0.4 is 5.32 Å². The molecule has 8 nitrogen and oxygen atoms in total. The van der Waals surface area contributed by atoms with Crippen LogP contribution in [0.2, 0.25) is 0 Å². The number of benzene rings is 1. The molecule has 3 aromatic rings. The highest BCUT2D eigenvalue weighted by molar-refractivity contribution is 5.93. The van der Waals surface area contributed by atoms with Crippen LogP contribution in [0.25, 0.3) is 22.6 Å². The van der Waals surface area contributed by atoms with Gasteiger partial charge in [-0.25, -0.2) is 14.2 Å². The lowest BCUT2D eigenvalue weighted by Crippen LogP contribution is -2.48. The highest BCUT2D eigenvalue weighted by Gasteiger charge is 2.21. The van der Waals surface area contributed by atoms with E-state index in [9.17, 15) is 9.18 Å². The van der Waals surface area contributed by atoms with Crippen molar-refractivity contribution >= 4 is 22.8 Å². The Labute approximate surface area is 155 Å². The Morgan fingerprint density at radius 1 is 1.30 bits per heavy atom. The van der Waals surface area contributed by atoms with E-state index in [1.54, 1.807) is 17.2 Å². The molecule has 1 aliphatic heterocycles. The smallest absolute Gasteiger partial charge is 0.322 e. The number of likely N-dealkylation sites (N-methyl/N-ethyl adjacent to an activating group) is 1. The average Bonchev–Trinajstić information content (AvgIpc) is 3.27. The molecule has 0 atom stereocenters. The van der Waals surface area contributed by atoms with E-state index >= 15 is 0 Å². The van der Waals surface area contributed by atoms with Crippen LogP contribution >= 0.6 is 0 Å². The Morgan fingerprint density at radius 2 is 2.07 bits per heavy atom. The first-order valence-electron chi connectivity index (χ1n) is 9.01. The van der Waals surface area contributed by atoms with Gasteiger partial charge in [0.1, 0.15) is 11.5 Å². The lowest BCUT2D eigenvalue weighted by atomic mass is 10.1. The molecule has 0 unspecified atom stereocenters. The van der Waals surface area contributed by atoms with Crippen LogP contribution in [-0.4, -0.2) is 69.2 Å². The minimum absolute atomic E-state index is 0.166. The number of aryl methyl sites for hydroxylation is 1. The second kappa shape index (κ2) is 6.99. The lowest BCUT2D eigenvalue weighted by molar-refractivity contribution is 0.164. The van der Waals surface area contributed by atoms with E-state index in [1.165, 1.54) is 6.07 Å². The molecule has 142 valence electrons. The molecule has 0 spiro atoms. The highest BCUT2D eigenvalue weighted by Crippen LogP contribution is 2.27.